The van der Waals surface area contributed by atoms with Crippen molar-refractivity contribution >= 4 is 39.0 Å². The standard InChI is InChI=1S/C10H11BrN2OS2/c1-13-7(5-14)4-12-10(13)15-6-8-2-3-9(11)16-8/h2-4,14H,5-6H2,1H3. The van der Waals surface area contributed by atoms with Crippen molar-refractivity contribution in [1.29, 1.82) is 0 Å². The third-order valence-corrected chi connectivity index (χ3v) is 5.08. The molecule has 2 aromatic rings. The van der Waals surface area contributed by atoms with Gasteiger partial charge in [-0.15, -0.1) is 11.3 Å². The fraction of sp³-hybridized carbons (Fsp3) is 0.300. The van der Waals surface area contributed by atoms with Crippen LogP contribution in [0.5, 0.6) is 0 Å². The third-order valence-electron chi connectivity index (χ3n) is 2.18. The number of nitrogens with zero attached hydrogens (tertiary/aromatic N) is 2. The van der Waals surface area contributed by atoms with Gasteiger partial charge in [-0.25, -0.2) is 4.98 Å². The largest absolute Gasteiger partial charge is 0.390 e. The molecule has 0 spiro atoms. The summed E-state index contributed by atoms with van der Waals surface area (Å²) in [4.78, 5) is 5.58. The zero-order chi connectivity index (χ0) is 11.5. The lowest BCUT2D eigenvalue weighted by atomic mass is 10.5. The smallest absolute Gasteiger partial charge is 0.168 e. The van der Waals surface area contributed by atoms with Gasteiger partial charge in [0, 0.05) is 17.7 Å². The minimum absolute atomic E-state index is 0.0363. The minimum Gasteiger partial charge on any atom is -0.390 e. The summed E-state index contributed by atoms with van der Waals surface area (Å²) in [6.45, 7) is 0.0363. The van der Waals surface area contributed by atoms with Crippen LogP contribution < -0.4 is 0 Å². The molecule has 0 aliphatic carbocycles. The molecule has 0 aliphatic heterocycles. The maximum absolute atomic E-state index is 9.05. The van der Waals surface area contributed by atoms with E-state index in [0.717, 1.165) is 20.4 Å². The number of aliphatic hydroxyl groups excluding tert-OH is 1. The molecule has 86 valence electrons. The van der Waals surface area contributed by atoms with E-state index in [1.165, 1.54) is 4.88 Å². The molecule has 2 aromatic heterocycles. The lowest BCUT2D eigenvalue weighted by Gasteiger charge is -2.02. The van der Waals surface area contributed by atoms with Crippen molar-refractivity contribution in [2.45, 2.75) is 17.5 Å². The summed E-state index contributed by atoms with van der Waals surface area (Å²) in [5, 5.41) is 9.98. The van der Waals surface area contributed by atoms with Crippen molar-refractivity contribution < 1.29 is 5.11 Å². The summed E-state index contributed by atoms with van der Waals surface area (Å²) in [7, 11) is 1.92. The molecule has 0 saturated carbocycles. The first kappa shape index (κ1) is 12.2. The maximum Gasteiger partial charge on any atom is 0.168 e. The van der Waals surface area contributed by atoms with Crippen molar-refractivity contribution in [2.24, 2.45) is 7.05 Å². The average molecular weight is 319 g/mol. The molecule has 0 aliphatic rings. The van der Waals surface area contributed by atoms with Crippen LogP contribution in [0.2, 0.25) is 0 Å². The van der Waals surface area contributed by atoms with Gasteiger partial charge in [0.2, 0.25) is 0 Å². The first-order valence-corrected chi connectivity index (χ1v) is 7.28. The molecule has 6 heteroatoms. The number of hydrogen-bond donors (Lipinski definition) is 1. The van der Waals surface area contributed by atoms with E-state index in [1.807, 2.05) is 11.6 Å². The van der Waals surface area contributed by atoms with E-state index < -0.39 is 0 Å². The number of aliphatic hydroxyl groups is 1. The Kier molecular flexibility index (Phi) is 4.07. The molecular weight excluding hydrogens is 308 g/mol. The molecular formula is C10H11BrN2OS2. The monoisotopic (exact) mass is 318 g/mol. The highest BCUT2D eigenvalue weighted by atomic mass is 79.9. The van der Waals surface area contributed by atoms with Crippen LogP contribution in [0.3, 0.4) is 0 Å². The molecule has 0 amide bonds. The summed E-state index contributed by atoms with van der Waals surface area (Å²) in [5.74, 6) is 0.909. The SMILES string of the molecule is Cn1c(CO)cnc1SCc1ccc(Br)s1. The Morgan fingerprint density at radius 3 is 2.94 bits per heavy atom. The second-order valence-corrected chi connectivity index (χ2v) is 6.73. The molecule has 0 saturated heterocycles. The minimum atomic E-state index is 0.0363. The van der Waals surface area contributed by atoms with Gasteiger partial charge in [0.25, 0.3) is 0 Å². The Morgan fingerprint density at radius 2 is 2.38 bits per heavy atom. The normalized spacial score (nSPS) is 10.9. The average Bonchev–Trinajstić information content (AvgIpc) is 2.83. The van der Waals surface area contributed by atoms with E-state index in [0.29, 0.717) is 0 Å². The number of hydrogen-bond acceptors (Lipinski definition) is 4. The zero-order valence-corrected chi connectivity index (χ0v) is 11.9. The molecule has 0 bridgehead atoms. The second-order valence-electron chi connectivity index (χ2n) is 3.24. The van der Waals surface area contributed by atoms with E-state index in [9.17, 15) is 0 Å². The van der Waals surface area contributed by atoms with Gasteiger partial charge in [-0.3, -0.25) is 0 Å². The van der Waals surface area contributed by atoms with Crippen LogP contribution in [0.4, 0.5) is 0 Å². The first-order chi connectivity index (χ1) is 7.70. The molecule has 2 heterocycles. The van der Waals surface area contributed by atoms with E-state index >= 15 is 0 Å². The third kappa shape index (κ3) is 2.68. The molecule has 0 unspecified atom stereocenters. The van der Waals surface area contributed by atoms with Gasteiger partial charge in [0.1, 0.15) is 0 Å². The molecule has 3 nitrogen and oxygen atoms in total. The first-order valence-electron chi connectivity index (χ1n) is 4.69. The van der Waals surface area contributed by atoms with E-state index in [2.05, 4.69) is 33.0 Å². The predicted octanol–water partition coefficient (Wildman–Crippen LogP) is 3.03. The summed E-state index contributed by atoms with van der Waals surface area (Å²) >= 11 is 6.86. The number of thioether (sulfide) groups is 1. The summed E-state index contributed by atoms with van der Waals surface area (Å²) in [6.07, 6.45) is 1.71. The van der Waals surface area contributed by atoms with E-state index in [-0.39, 0.29) is 6.61 Å². The Morgan fingerprint density at radius 1 is 1.56 bits per heavy atom. The Labute approximate surface area is 111 Å². The molecule has 1 N–H and O–H groups in total. The van der Waals surface area contributed by atoms with E-state index in [1.54, 1.807) is 29.3 Å². The Hall–Kier alpha value is -0.300. The van der Waals surface area contributed by atoms with Crippen LogP contribution in [0.25, 0.3) is 0 Å². The summed E-state index contributed by atoms with van der Waals surface area (Å²) in [6, 6.07) is 4.16. The number of halogens is 1. The molecule has 2 rings (SSSR count). The van der Waals surface area contributed by atoms with Crippen LogP contribution in [0.15, 0.2) is 27.3 Å². The Balaban J connectivity index is 2.02. The summed E-state index contributed by atoms with van der Waals surface area (Å²) < 4.78 is 3.08. The molecule has 0 fully saturated rings. The van der Waals surface area contributed by atoms with Crippen LogP contribution in [0, 0.1) is 0 Å². The summed E-state index contributed by atoms with van der Waals surface area (Å²) in [5.41, 5.74) is 0.842. The lowest BCUT2D eigenvalue weighted by Crippen LogP contribution is -1.97. The van der Waals surface area contributed by atoms with Gasteiger partial charge in [0.15, 0.2) is 5.16 Å². The lowest BCUT2D eigenvalue weighted by molar-refractivity contribution is 0.271. The van der Waals surface area contributed by atoms with Crippen LogP contribution in [-0.2, 0) is 19.4 Å². The van der Waals surface area contributed by atoms with Gasteiger partial charge >= 0.3 is 0 Å². The highest BCUT2D eigenvalue weighted by Crippen LogP contribution is 2.28. The maximum atomic E-state index is 9.05. The molecule has 0 aromatic carbocycles. The van der Waals surface area contributed by atoms with Gasteiger partial charge in [-0.05, 0) is 28.1 Å². The zero-order valence-electron chi connectivity index (χ0n) is 8.68. The van der Waals surface area contributed by atoms with Gasteiger partial charge < -0.3 is 9.67 Å². The van der Waals surface area contributed by atoms with Crippen molar-refractivity contribution in [3.63, 3.8) is 0 Å². The fourth-order valence-corrected chi connectivity index (χ4v) is 3.77. The van der Waals surface area contributed by atoms with Crippen molar-refractivity contribution in [3.05, 3.63) is 32.7 Å². The molecule has 16 heavy (non-hydrogen) atoms. The number of aromatic nitrogens is 2. The van der Waals surface area contributed by atoms with Crippen LogP contribution >= 0.6 is 39.0 Å². The van der Waals surface area contributed by atoms with Crippen molar-refractivity contribution in [3.8, 4) is 0 Å². The highest BCUT2D eigenvalue weighted by Gasteiger charge is 2.07. The highest BCUT2D eigenvalue weighted by molar-refractivity contribution is 9.11. The predicted molar refractivity (Wildman–Crippen MR) is 70.7 cm³/mol. The number of thiophene rings is 1. The van der Waals surface area contributed by atoms with Crippen LogP contribution in [-0.4, -0.2) is 14.7 Å². The van der Waals surface area contributed by atoms with E-state index in [4.69, 9.17) is 5.11 Å². The molecule has 0 atom stereocenters. The fourth-order valence-electron chi connectivity index (χ4n) is 1.27. The van der Waals surface area contributed by atoms with Gasteiger partial charge in [-0.1, -0.05) is 11.8 Å². The quantitative estimate of drug-likeness (QED) is 0.880. The number of imidazole rings is 1. The van der Waals surface area contributed by atoms with Gasteiger partial charge in [-0.2, -0.15) is 0 Å². The molecule has 0 radical (unpaired) electrons. The van der Waals surface area contributed by atoms with Crippen molar-refractivity contribution in [2.75, 3.05) is 0 Å². The number of rotatable bonds is 4. The van der Waals surface area contributed by atoms with Gasteiger partial charge in [0.05, 0.1) is 22.3 Å². The second kappa shape index (κ2) is 5.35. The van der Waals surface area contributed by atoms with Crippen LogP contribution in [0.1, 0.15) is 10.6 Å². The topological polar surface area (TPSA) is 38.0 Å². The Bertz CT molecular complexity index is 481. The van der Waals surface area contributed by atoms with Crippen molar-refractivity contribution in [1.82, 2.24) is 9.55 Å².